The Balaban J connectivity index is 0.000000204. The molecule has 0 fully saturated rings. The van der Waals surface area contributed by atoms with Crippen LogP contribution in [0.5, 0.6) is 0 Å². The molecule has 0 aliphatic carbocycles. The Labute approximate surface area is 124 Å². The fourth-order valence-electron chi connectivity index (χ4n) is 1.32. The number of benzene rings is 2. The van der Waals surface area contributed by atoms with E-state index in [0.29, 0.717) is 11.1 Å². The van der Waals surface area contributed by atoms with Crippen molar-refractivity contribution < 1.29 is 19.8 Å². The second kappa shape index (κ2) is 8.12. The molecule has 0 spiro atoms. The van der Waals surface area contributed by atoms with E-state index in [1.807, 2.05) is 0 Å². The van der Waals surface area contributed by atoms with Gasteiger partial charge in [-0.15, -0.1) is 0 Å². The van der Waals surface area contributed by atoms with Gasteiger partial charge in [-0.1, -0.05) is 46.3 Å². The molecule has 0 aliphatic heterocycles. The zero-order valence-electron chi connectivity index (χ0n) is 10.5. The number of hydrogen-bond acceptors (Lipinski definition) is 2. The van der Waals surface area contributed by atoms with Gasteiger partial charge >= 0.3 is 11.9 Å². The Morgan fingerprint density at radius 2 is 1.25 bits per heavy atom. The molecule has 0 saturated heterocycles. The van der Waals surface area contributed by atoms with Crippen LogP contribution in [-0.4, -0.2) is 22.2 Å². The molecule has 0 amide bonds. The van der Waals surface area contributed by atoms with E-state index in [-0.39, 0.29) is 0 Å². The summed E-state index contributed by atoms with van der Waals surface area (Å²) in [7, 11) is 0. The van der Waals surface area contributed by atoms with Gasteiger partial charge in [0, 0.05) is 5.33 Å². The normalized spacial score (nSPS) is 9.25. The summed E-state index contributed by atoms with van der Waals surface area (Å²) in [6.45, 7) is 0. The fraction of sp³-hybridized carbons (Fsp3) is 0.0667. The summed E-state index contributed by atoms with van der Waals surface area (Å²) < 4.78 is 0. The molecule has 0 aliphatic rings. The number of hydrogen-bond donors (Lipinski definition) is 2. The maximum Gasteiger partial charge on any atom is 0.335 e. The predicted molar refractivity (Wildman–Crippen MR) is 79.4 cm³/mol. The van der Waals surface area contributed by atoms with Crippen LogP contribution in [0.1, 0.15) is 26.3 Å². The van der Waals surface area contributed by atoms with Crippen LogP contribution < -0.4 is 0 Å². The second-order valence-corrected chi connectivity index (χ2v) is 4.37. The SMILES string of the molecule is O=C(O)c1ccc(CBr)cc1.O=C(O)c1ccccc1. The third-order valence-corrected chi connectivity index (χ3v) is 3.02. The number of alkyl halides is 1. The minimum absolute atomic E-state index is 0.328. The number of halogens is 1. The highest BCUT2D eigenvalue weighted by Gasteiger charge is 2.00. The van der Waals surface area contributed by atoms with Crippen LogP contribution in [0.15, 0.2) is 54.6 Å². The van der Waals surface area contributed by atoms with E-state index in [0.717, 1.165) is 10.9 Å². The van der Waals surface area contributed by atoms with Gasteiger partial charge in [-0.2, -0.15) is 0 Å². The number of carbonyl (C=O) groups is 2. The van der Waals surface area contributed by atoms with Crippen LogP contribution in [-0.2, 0) is 5.33 Å². The minimum Gasteiger partial charge on any atom is -0.478 e. The molecular weight excluding hydrogens is 324 g/mol. The van der Waals surface area contributed by atoms with Gasteiger partial charge in [0.15, 0.2) is 0 Å². The van der Waals surface area contributed by atoms with E-state index >= 15 is 0 Å². The summed E-state index contributed by atoms with van der Waals surface area (Å²) in [5, 5.41) is 17.7. The van der Waals surface area contributed by atoms with Gasteiger partial charge < -0.3 is 10.2 Å². The minimum atomic E-state index is -0.883. The van der Waals surface area contributed by atoms with Crippen LogP contribution in [0.3, 0.4) is 0 Å². The molecule has 0 radical (unpaired) electrons. The van der Waals surface area contributed by atoms with Gasteiger partial charge in [-0.05, 0) is 29.8 Å². The van der Waals surface area contributed by atoms with Crippen molar-refractivity contribution in [3.8, 4) is 0 Å². The molecule has 0 unspecified atom stereocenters. The van der Waals surface area contributed by atoms with Crippen molar-refractivity contribution >= 4 is 27.9 Å². The fourth-order valence-corrected chi connectivity index (χ4v) is 1.69. The molecule has 2 aromatic rings. The summed E-state index contributed by atoms with van der Waals surface area (Å²) in [4.78, 5) is 20.6. The Morgan fingerprint density at radius 1 is 0.800 bits per heavy atom. The van der Waals surface area contributed by atoms with Crippen LogP contribution in [0.25, 0.3) is 0 Å². The lowest BCUT2D eigenvalue weighted by Crippen LogP contribution is -1.95. The molecule has 2 N–H and O–H groups in total. The smallest absolute Gasteiger partial charge is 0.335 e. The van der Waals surface area contributed by atoms with Crippen molar-refractivity contribution in [2.45, 2.75) is 5.33 Å². The highest BCUT2D eigenvalue weighted by Crippen LogP contribution is 2.07. The molecule has 2 rings (SSSR count). The molecular formula is C15H13BrO4. The van der Waals surface area contributed by atoms with E-state index in [1.165, 1.54) is 0 Å². The van der Waals surface area contributed by atoms with Gasteiger partial charge in [0.25, 0.3) is 0 Å². The number of rotatable bonds is 3. The first-order chi connectivity index (χ1) is 9.54. The molecule has 0 saturated carbocycles. The molecule has 0 atom stereocenters. The van der Waals surface area contributed by atoms with E-state index in [2.05, 4.69) is 15.9 Å². The topological polar surface area (TPSA) is 74.6 Å². The van der Waals surface area contributed by atoms with E-state index in [1.54, 1.807) is 54.6 Å². The first-order valence-corrected chi connectivity index (χ1v) is 6.83. The van der Waals surface area contributed by atoms with Gasteiger partial charge in [0.2, 0.25) is 0 Å². The number of carboxylic acid groups (broad SMARTS) is 2. The number of aromatic carboxylic acids is 2. The zero-order chi connectivity index (χ0) is 15.0. The number of carboxylic acids is 2. The van der Waals surface area contributed by atoms with Crippen molar-refractivity contribution in [1.82, 2.24) is 0 Å². The lowest BCUT2D eigenvalue weighted by molar-refractivity contribution is 0.0686. The van der Waals surface area contributed by atoms with Gasteiger partial charge in [-0.25, -0.2) is 9.59 Å². The van der Waals surface area contributed by atoms with Gasteiger partial charge in [-0.3, -0.25) is 0 Å². The average molecular weight is 337 g/mol. The van der Waals surface area contributed by atoms with Crippen molar-refractivity contribution in [2.24, 2.45) is 0 Å². The summed E-state index contributed by atoms with van der Waals surface area (Å²) >= 11 is 3.27. The Kier molecular flexibility index (Phi) is 6.46. The second-order valence-electron chi connectivity index (χ2n) is 3.81. The summed E-state index contributed by atoms with van der Waals surface area (Å²) in [5.74, 6) is -1.76. The first kappa shape index (κ1) is 15.9. The lowest BCUT2D eigenvalue weighted by atomic mass is 10.2. The third kappa shape index (κ3) is 5.24. The molecule has 0 bridgehead atoms. The van der Waals surface area contributed by atoms with E-state index < -0.39 is 11.9 Å². The molecule has 5 heteroatoms. The standard InChI is InChI=1S/C8H7BrO2.C7H6O2/c9-5-6-1-3-7(4-2-6)8(10)11;8-7(9)6-4-2-1-3-5-6/h1-4H,5H2,(H,10,11);1-5H,(H,8,9). The van der Waals surface area contributed by atoms with Crippen molar-refractivity contribution in [3.05, 3.63) is 71.3 Å². The van der Waals surface area contributed by atoms with Crippen LogP contribution >= 0.6 is 15.9 Å². The van der Waals surface area contributed by atoms with Crippen molar-refractivity contribution in [2.75, 3.05) is 0 Å². The highest BCUT2D eigenvalue weighted by molar-refractivity contribution is 9.08. The predicted octanol–water partition coefficient (Wildman–Crippen LogP) is 3.66. The molecule has 104 valence electrons. The quantitative estimate of drug-likeness (QED) is 0.838. The molecule has 0 aromatic heterocycles. The Hall–Kier alpha value is -2.14. The maximum atomic E-state index is 10.4. The van der Waals surface area contributed by atoms with Gasteiger partial charge in [0.05, 0.1) is 11.1 Å². The summed E-state index contributed by atoms with van der Waals surface area (Å²) in [6.07, 6.45) is 0. The molecule has 20 heavy (non-hydrogen) atoms. The Morgan fingerprint density at radius 3 is 1.60 bits per heavy atom. The van der Waals surface area contributed by atoms with E-state index in [4.69, 9.17) is 10.2 Å². The van der Waals surface area contributed by atoms with E-state index in [9.17, 15) is 9.59 Å². The highest BCUT2D eigenvalue weighted by atomic mass is 79.9. The Bertz CT molecular complexity index is 564. The average Bonchev–Trinajstić information content (AvgIpc) is 2.49. The zero-order valence-corrected chi connectivity index (χ0v) is 12.1. The maximum absolute atomic E-state index is 10.4. The van der Waals surface area contributed by atoms with Crippen LogP contribution in [0, 0.1) is 0 Å². The molecule has 4 nitrogen and oxygen atoms in total. The molecule has 2 aromatic carbocycles. The largest absolute Gasteiger partial charge is 0.478 e. The first-order valence-electron chi connectivity index (χ1n) is 5.71. The summed E-state index contributed by atoms with van der Waals surface area (Å²) in [6, 6.07) is 15.1. The van der Waals surface area contributed by atoms with Crippen molar-refractivity contribution in [3.63, 3.8) is 0 Å². The lowest BCUT2D eigenvalue weighted by Gasteiger charge is -1.95. The third-order valence-electron chi connectivity index (χ3n) is 2.38. The summed E-state index contributed by atoms with van der Waals surface area (Å²) in [5.41, 5.74) is 1.74. The molecule has 0 heterocycles. The van der Waals surface area contributed by atoms with Crippen LogP contribution in [0.4, 0.5) is 0 Å². The van der Waals surface area contributed by atoms with Crippen LogP contribution in [0.2, 0.25) is 0 Å². The monoisotopic (exact) mass is 336 g/mol. The van der Waals surface area contributed by atoms with Crippen molar-refractivity contribution in [1.29, 1.82) is 0 Å². The van der Waals surface area contributed by atoms with Gasteiger partial charge in [0.1, 0.15) is 0 Å².